The Morgan fingerprint density at radius 1 is 1.25 bits per heavy atom. The number of nitrogens with zero attached hydrogens (tertiary/aromatic N) is 1. The van der Waals surface area contributed by atoms with Gasteiger partial charge < -0.3 is 5.11 Å². The summed E-state index contributed by atoms with van der Waals surface area (Å²) >= 11 is 0. The fraction of sp³-hybridized carbons (Fsp3) is 0.643. The Morgan fingerprint density at radius 3 is 2.75 bits per heavy atom. The highest BCUT2D eigenvalue weighted by molar-refractivity contribution is 5.25. The first-order valence-electron chi connectivity index (χ1n) is 6.40. The average molecular weight is 221 g/mol. The number of hydrogen-bond donors (Lipinski definition) is 1. The number of aliphatic hydroxyl groups excluding tert-OH is 1. The average Bonchev–Trinajstić information content (AvgIpc) is 2.34. The molecule has 1 heterocycles. The molecule has 0 radical (unpaired) electrons. The lowest BCUT2D eigenvalue weighted by molar-refractivity contribution is 0.162. The van der Waals surface area contributed by atoms with Crippen molar-refractivity contribution in [1.29, 1.82) is 0 Å². The maximum Gasteiger partial charge on any atom is 0.0793 e. The first kappa shape index (κ1) is 13.2. The van der Waals surface area contributed by atoms with Gasteiger partial charge in [-0.25, -0.2) is 0 Å². The van der Waals surface area contributed by atoms with E-state index in [0.717, 1.165) is 24.8 Å². The maximum atomic E-state index is 10.1. The normalized spacial score (nSPS) is 12.7. The Morgan fingerprint density at radius 2 is 2.06 bits per heavy atom. The standard InChI is InChI=1S/C14H23NO/c1-3-5-6-7-8-14(16)13-9-10-15-11-12(13)4-2/h9-11,14,16H,3-8H2,1-2H3. The zero-order valence-corrected chi connectivity index (χ0v) is 10.4. The lowest BCUT2D eigenvalue weighted by atomic mass is 9.98. The van der Waals surface area contributed by atoms with Crippen LogP contribution < -0.4 is 0 Å². The van der Waals surface area contributed by atoms with E-state index < -0.39 is 0 Å². The van der Waals surface area contributed by atoms with Gasteiger partial charge >= 0.3 is 0 Å². The summed E-state index contributed by atoms with van der Waals surface area (Å²) < 4.78 is 0. The Hall–Kier alpha value is -0.890. The first-order valence-corrected chi connectivity index (χ1v) is 6.40. The van der Waals surface area contributed by atoms with Gasteiger partial charge in [-0.2, -0.15) is 0 Å². The van der Waals surface area contributed by atoms with Gasteiger partial charge in [0.1, 0.15) is 0 Å². The van der Waals surface area contributed by atoms with Crippen molar-refractivity contribution in [3.8, 4) is 0 Å². The molecule has 0 spiro atoms. The van der Waals surface area contributed by atoms with E-state index in [-0.39, 0.29) is 6.10 Å². The van der Waals surface area contributed by atoms with Gasteiger partial charge in [0.15, 0.2) is 0 Å². The van der Waals surface area contributed by atoms with Crippen molar-refractivity contribution < 1.29 is 5.11 Å². The van der Waals surface area contributed by atoms with E-state index in [1.54, 1.807) is 6.20 Å². The predicted molar refractivity (Wildman–Crippen MR) is 67.3 cm³/mol. The zero-order valence-electron chi connectivity index (χ0n) is 10.4. The number of unbranched alkanes of at least 4 members (excludes halogenated alkanes) is 3. The summed E-state index contributed by atoms with van der Waals surface area (Å²) in [4.78, 5) is 4.10. The van der Waals surface area contributed by atoms with Gasteiger partial charge in [0.05, 0.1) is 6.10 Å². The van der Waals surface area contributed by atoms with E-state index >= 15 is 0 Å². The molecule has 0 aromatic carbocycles. The minimum Gasteiger partial charge on any atom is -0.388 e. The fourth-order valence-electron chi connectivity index (χ4n) is 1.98. The number of aliphatic hydroxyl groups is 1. The topological polar surface area (TPSA) is 33.1 Å². The molecule has 0 saturated carbocycles. The Labute approximate surface area is 98.7 Å². The van der Waals surface area contributed by atoms with Crippen molar-refractivity contribution in [1.82, 2.24) is 4.98 Å². The van der Waals surface area contributed by atoms with Gasteiger partial charge in [0.2, 0.25) is 0 Å². The van der Waals surface area contributed by atoms with Crippen molar-refractivity contribution in [3.05, 3.63) is 29.6 Å². The quantitative estimate of drug-likeness (QED) is 0.713. The molecule has 0 aliphatic carbocycles. The molecule has 0 aliphatic rings. The van der Waals surface area contributed by atoms with E-state index in [2.05, 4.69) is 18.8 Å². The maximum absolute atomic E-state index is 10.1. The summed E-state index contributed by atoms with van der Waals surface area (Å²) in [5, 5.41) is 10.1. The lowest BCUT2D eigenvalue weighted by Crippen LogP contribution is -2.02. The van der Waals surface area contributed by atoms with Crippen LogP contribution in [-0.2, 0) is 6.42 Å². The molecule has 2 nitrogen and oxygen atoms in total. The van der Waals surface area contributed by atoms with E-state index in [1.807, 2.05) is 12.3 Å². The lowest BCUT2D eigenvalue weighted by Gasteiger charge is -2.14. The number of hydrogen-bond acceptors (Lipinski definition) is 2. The summed E-state index contributed by atoms with van der Waals surface area (Å²) in [6.45, 7) is 4.30. The smallest absolute Gasteiger partial charge is 0.0793 e. The van der Waals surface area contributed by atoms with Crippen molar-refractivity contribution >= 4 is 0 Å². The molecule has 0 saturated heterocycles. The summed E-state index contributed by atoms with van der Waals surface area (Å²) in [6.07, 6.45) is 9.98. The van der Waals surface area contributed by atoms with Crippen LogP contribution in [-0.4, -0.2) is 10.1 Å². The number of pyridine rings is 1. The van der Waals surface area contributed by atoms with Crippen molar-refractivity contribution in [2.24, 2.45) is 0 Å². The van der Waals surface area contributed by atoms with Crippen LogP contribution in [0, 0.1) is 0 Å². The monoisotopic (exact) mass is 221 g/mol. The van der Waals surface area contributed by atoms with Crippen LogP contribution in [0.2, 0.25) is 0 Å². The Kier molecular flexibility index (Phi) is 6.09. The highest BCUT2D eigenvalue weighted by Crippen LogP contribution is 2.22. The first-order chi connectivity index (χ1) is 7.79. The molecule has 1 unspecified atom stereocenters. The molecule has 90 valence electrons. The second kappa shape index (κ2) is 7.39. The van der Waals surface area contributed by atoms with Crippen molar-refractivity contribution in [3.63, 3.8) is 0 Å². The third-order valence-electron chi connectivity index (χ3n) is 3.01. The van der Waals surface area contributed by atoms with Gasteiger partial charge in [-0.3, -0.25) is 4.98 Å². The second-order valence-corrected chi connectivity index (χ2v) is 4.29. The molecule has 1 aromatic heterocycles. The zero-order chi connectivity index (χ0) is 11.8. The van der Waals surface area contributed by atoms with Crippen LogP contribution in [0.15, 0.2) is 18.5 Å². The van der Waals surface area contributed by atoms with Gasteiger partial charge in [-0.1, -0.05) is 39.5 Å². The summed E-state index contributed by atoms with van der Waals surface area (Å²) in [5.41, 5.74) is 2.24. The van der Waals surface area contributed by atoms with Crippen molar-refractivity contribution in [2.75, 3.05) is 0 Å². The van der Waals surface area contributed by atoms with Crippen LogP contribution in [0.5, 0.6) is 0 Å². The van der Waals surface area contributed by atoms with Crippen LogP contribution in [0.1, 0.15) is 63.2 Å². The molecule has 1 aromatic rings. The molecule has 0 bridgehead atoms. The van der Waals surface area contributed by atoms with Gasteiger partial charge in [-0.15, -0.1) is 0 Å². The Balaban J connectivity index is 2.48. The third kappa shape index (κ3) is 3.93. The molecule has 0 fully saturated rings. The van der Waals surface area contributed by atoms with Gasteiger partial charge in [0, 0.05) is 12.4 Å². The highest BCUT2D eigenvalue weighted by Gasteiger charge is 2.10. The molecular weight excluding hydrogens is 198 g/mol. The molecular formula is C14H23NO. The highest BCUT2D eigenvalue weighted by atomic mass is 16.3. The molecule has 0 aliphatic heterocycles. The minimum absolute atomic E-state index is 0.310. The van der Waals surface area contributed by atoms with Gasteiger partial charge in [0.25, 0.3) is 0 Å². The minimum atomic E-state index is -0.310. The molecule has 16 heavy (non-hydrogen) atoms. The third-order valence-corrected chi connectivity index (χ3v) is 3.01. The largest absolute Gasteiger partial charge is 0.388 e. The molecule has 0 amide bonds. The summed E-state index contributed by atoms with van der Waals surface area (Å²) in [7, 11) is 0. The van der Waals surface area contributed by atoms with Crippen LogP contribution >= 0.6 is 0 Å². The number of aryl methyl sites for hydroxylation is 1. The molecule has 1 rings (SSSR count). The molecule has 1 atom stereocenters. The van der Waals surface area contributed by atoms with E-state index in [1.165, 1.54) is 24.8 Å². The Bertz CT molecular complexity index is 299. The van der Waals surface area contributed by atoms with Crippen LogP contribution in [0.4, 0.5) is 0 Å². The number of aromatic nitrogens is 1. The van der Waals surface area contributed by atoms with Crippen LogP contribution in [0.25, 0.3) is 0 Å². The molecule has 1 N–H and O–H groups in total. The van der Waals surface area contributed by atoms with Crippen LogP contribution in [0.3, 0.4) is 0 Å². The number of rotatable bonds is 7. The summed E-state index contributed by atoms with van der Waals surface area (Å²) in [5.74, 6) is 0. The van der Waals surface area contributed by atoms with E-state index in [0.29, 0.717) is 0 Å². The summed E-state index contributed by atoms with van der Waals surface area (Å²) in [6, 6.07) is 1.95. The second-order valence-electron chi connectivity index (χ2n) is 4.29. The molecule has 2 heteroatoms. The predicted octanol–water partition coefficient (Wildman–Crippen LogP) is 3.65. The van der Waals surface area contributed by atoms with E-state index in [9.17, 15) is 5.11 Å². The van der Waals surface area contributed by atoms with Gasteiger partial charge in [-0.05, 0) is 30.0 Å². The van der Waals surface area contributed by atoms with Crippen molar-refractivity contribution in [2.45, 2.75) is 58.5 Å². The van der Waals surface area contributed by atoms with E-state index in [4.69, 9.17) is 0 Å². The SMILES string of the molecule is CCCCCCC(O)c1ccncc1CC. The fourth-order valence-corrected chi connectivity index (χ4v) is 1.98.